The molecule has 3 aromatic carbocycles. The SMILES string of the molecule is CC1=C(c2nc(-c3cccc(F)c3)no2)C(c2cccc(F)c2)NC(=O)N1CCc1ccccc1. The molecule has 4 aromatic rings. The van der Waals surface area contributed by atoms with Crippen molar-refractivity contribution in [3.63, 3.8) is 0 Å². The van der Waals surface area contributed by atoms with Crippen LogP contribution in [0.1, 0.15) is 30.0 Å². The van der Waals surface area contributed by atoms with Gasteiger partial charge in [0.1, 0.15) is 11.6 Å². The molecule has 0 radical (unpaired) electrons. The Morgan fingerprint density at radius 2 is 1.71 bits per heavy atom. The van der Waals surface area contributed by atoms with E-state index in [4.69, 9.17) is 4.52 Å². The molecule has 1 unspecified atom stereocenters. The van der Waals surface area contributed by atoms with Crippen molar-refractivity contribution in [3.05, 3.63) is 113 Å². The lowest BCUT2D eigenvalue weighted by Crippen LogP contribution is -2.46. The predicted molar refractivity (Wildman–Crippen MR) is 127 cm³/mol. The van der Waals surface area contributed by atoms with Gasteiger partial charge < -0.3 is 9.84 Å². The van der Waals surface area contributed by atoms with Gasteiger partial charge in [0.2, 0.25) is 5.82 Å². The summed E-state index contributed by atoms with van der Waals surface area (Å²) in [5, 5.41) is 6.99. The molecule has 0 saturated heterocycles. The van der Waals surface area contributed by atoms with E-state index in [1.54, 1.807) is 36.1 Å². The van der Waals surface area contributed by atoms with Gasteiger partial charge in [0.25, 0.3) is 5.89 Å². The number of urea groups is 1. The van der Waals surface area contributed by atoms with Crippen LogP contribution in [-0.2, 0) is 6.42 Å². The van der Waals surface area contributed by atoms with Crippen molar-refractivity contribution in [1.82, 2.24) is 20.4 Å². The molecule has 0 aliphatic carbocycles. The summed E-state index contributed by atoms with van der Waals surface area (Å²) in [6.07, 6.45) is 0.641. The maximum atomic E-state index is 14.1. The fourth-order valence-electron chi connectivity index (χ4n) is 4.23. The first kappa shape index (κ1) is 22.5. The molecule has 1 atom stereocenters. The lowest BCUT2D eigenvalue weighted by atomic mass is 9.94. The van der Waals surface area contributed by atoms with Crippen LogP contribution < -0.4 is 5.32 Å². The van der Waals surface area contributed by atoms with Crippen molar-refractivity contribution in [1.29, 1.82) is 0 Å². The number of halogens is 2. The highest BCUT2D eigenvalue weighted by atomic mass is 19.1. The number of aromatic nitrogens is 2. The third-order valence-corrected chi connectivity index (χ3v) is 5.98. The van der Waals surface area contributed by atoms with Crippen LogP contribution in [0.2, 0.25) is 0 Å². The van der Waals surface area contributed by atoms with E-state index < -0.39 is 17.7 Å². The van der Waals surface area contributed by atoms with E-state index >= 15 is 0 Å². The summed E-state index contributed by atoms with van der Waals surface area (Å²) in [5.74, 6) is -0.462. The molecule has 1 aliphatic heterocycles. The first-order valence-corrected chi connectivity index (χ1v) is 11.2. The van der Waals surface area contributed by atoms with Crippen LogP contribution in [0.4, 0.5) is 13.6 Å². The molecule has 8 heteroatoms. The van der Waals surface area contributed by atoms with Gasteiger partial charge in [-0.25, -0.2) is 13.6 Å². The maximum Gasteiger partial charge on any atom is 0.322 e. The first-order chi connectivity index (χ1) is 17.0. The van der Waals surface area contributed by atoms with Crippen LogP contribution in [0.25, 0.3) is 17.0 Å². The second kappa shape index (κ2) is 9.50. The van der Waals surface area contributed by atoms with Crippen LogP contribution in [0.5, 0.6) is 0 Å². The van der Waals surface area contributed by atoms with Gasteiger partial charge in [-0.2, -0.15) is 4.98 Å². The molecular formula is C27H22F2N4O2. The first-order valence-electron chi connectivity index (χ1n) is 11.2. The highest BCUT2D eigenvalue weighted by molar-refractivity contribution is 5.86. The van der Waals surface area contributed by atoms with Crippen LogP contribution >= 0.6 is 0 Å². The number of nitrogens with one attached hydrogen (secondary N) is 1. The van der Waals surface area contributed by atoms with Crippen LogP contribution in [0.15, 0.2) is 89.1 Å². The largest absolute Gasteiger partial charge is 0.334 e. The number of hydrogen-bond acceptors (Lipinski definition) is 4. The molecule has 2 heterocycles. The zero-order chi connectivity index (χ0) is 24.4. The molecule has 0 saturated carbocycles. The Morgan fingerprint density at radius 1 is 0.971 bits per heavy atom. The van der Waals surface area contributed by atoms with Crippen LogP contribution in [0, 0.1) is 11.6 Å². The fourth-order valence-corrected chi connectivity index (χ4v) is 4.23. The average molecular weight is 472 g/mol. The third kappa shape index (κ3) is 4.68. The number of nitrogens with zero attached hydrogens (tertiary/aromatic N) is 3. The topological polar surface area (TPSA) is 71.3 Å². The Kier molecular flexibility index (Phi) is 6.10. The number of carbonyl (C=O) groups is 1. The number of hydrogen-bond donors (Lipinski definition) is 1. The van der Waals surface area contributed by atoms with E-state index in [-0.39, 0.29) is 17.7 Å². The van der Waals surface area contributed by atoms with Gasteiger partial charge in [-0.3, -0.25) is 4.90 Å². The van der Waals surface area contributed by atoms with Crippen LogP contribution in [-0.4, -0.2) is 27.6 Å². The summed E-state index contributed by atoms with van der Waals surface area (Å²) in [6.45, 7) is 2.23. The minimum Gasteiger partial charge on any atom is -0.334 e. The maximum absolute atomic E-state index is 14.1. The molecule has 1 aliphatic rings. The van der Waals surface area contributed by atoms with E-state index in [9.17, 15) is 13.6 Å². The zero-order valence-corrected chi connectivity index (χ0v) is 18.9. The molecule has 1 N–H and O–H groups in total. The number of allylic oxidation sites excluding steroid dienone is 1. The standard InChI is InChI=1S/C27H22F2N4O2/c1-17-23(26-31-25(32-35-26)20-10-6-12-22(29)16-20)24(19-9-5-11-21(28)15-19)30-27(34)33(17)14-13-18-7-3-2-4-8-18/h2-12,15-16,24H,13-14H2,1H3,(H,30,34). The van der Waals surface area contributed by atoms with Gasteiger partial charge in [-0.1, -0.05) is 59.8 Å². The van der Waals surface area contributed by atoms with Gasteiger partial charge in [0.05, 0.1) is 11.6 Å². The summed E-state index contributed by atoms with van der Waals surface area (Å²) in [4.78, 5) is 19.2. The highest BCUT2D eigenvalue weighted by Crippen LogP contribution is 2.37. The second-order valence-electron chi connectivity index (χ2n) is 8.26. The number of rotatable bonds is 6. The van der Waals surface area contributed by atoms with Crippen molar-refractivity contribution in [2.75, 3.05) is 6.54 Å². The lowest BCUT2D eigenvalue weighted by molar-refractivity contribution is 0.205. The molecule has 0 spiro atoms. The van der Waals surface area contributed by atoms with Crippen molar-refractivity contribution >= 4 is 11.6 Å². The van der Waals surface area contributed by atoms with Crippen molar-refractivity contribution in [3.8, 4) is 11.4 Å². The molecular weight excluding hydrogens is 450 g/mol. The van der Waals surface area contributed by atoms with Crippen LogP contribution in [0.3, 0.4) is 0 Å². The molecule has 6 nitrogen and oxygen atoms in total. The van der Waals surface area contributed by atoms with E-state index in [1.165, 1.54) is 24.3 Å². The van der Waals surface area contributed by atoms with Gasteiger partial charge in [-0.05, 0) is 48.7 Å². The fraction of sp³-hybridized carbons (Fsp3) is 0.148. The Bertz CT molecular complexity index is 1400. The van der Waals surface area contributed by atoms with Crippen molar-refractivity contribution in [2.45, 2.75) is 19.4 Å². The molecule has 2 amide bonds. The Morgan fingerprint density at radius 3 is 2.46 bits per heavy atom. The van der Waals surface area contributed by atoms with E-state index in [0.29, 0.717) is 35.4 Å². The predicted octanol–water partition coefficient (Wildman–Crippen LogP) is 5.76. The minimum atomic E-state index is -0.702. The molecule has 1 aromatic heterocycles. The molecule has 35 heavy (non-hydrogen) atoms. The van der Waals surface area contributed by atoms with Gasteiger partial charge in [0, 0.05) is 17.8 Å². The Labute approximate surface area is 200 Å². The second-order valence-corrected chi connectivity index (χ2v) is 8.26. The monoisotopic (exact) mass is 472 g/mol. The number of amides is 2. The van der Waals surface area contributed by atoms with Gasteiger partial charge >= 0.3 is 6.03 Å². The van der Waals surface area contributed by atoms with E-state index in [1.807, 2.05) is 30.3 Å². The van der Waals surface area contributed by atoms with E-state index in [0.717, 1.165) is 5.56 Å². The quantitative estimate of drug-likeness (QED) is 0.388. The van der Waals surface area contributed by atoms with Crippen molar-refractivity contribution < 1.29 is 18.1 Å². The minimum absolute atomic E-state index is 0.167. The summed E-state index contributed by atoms with van der Waals surface area (Å²) >= 11 is 0. The Hall–Kier alpha value is -4.33. The summed E-state index contributed by atoms with van der Waals surface area (Å²) in [7, 11) is 0. The average Bonchev–Trinajstić information content (AvgIpc) is 3.34. The van der Waals surface area contributed by atoms with Gasteiger partial charge in [0.15, 0.2) is 0 Å². The molecule has 0 fully saturated rings. The summed E-state index contributed by atoms with van der Waals surface area (Å²) in [6, 6.07) is 20.7. The van der Waals surface area contributed by atoms with Gasteiger partial charge in [-0.15, -0.1) is 0 Å². The summed E-state index contributed by atoms with van der Waals surface area (Å²) in [5.41, 5.74) is 3.27. The number of carbonyl (C=O) groups excluding carboxylic acids is 1. The normalized spacial score (nSPS) is 15.9. The molecule has 5 rings (SSSR count). The smallest absolute Gasteiger partial charge is 0.322 e. The lowest BCUT2D eigenvalue weighted by Gasteiger charge is -2.35. The summed E-state index contributed by atoms with van der Waals surface area (Å²) < 4.78 is 33.4. The molecule has 176 valence electrons. The Balaban J connectivity index is 1.56. The highest BCUT2D eigenvalue weighted by Gasteiger charge is 2.35. The van der Waals surface area contributed by atoms with E-state index in [2.05, 4.69) is 15.5 Å². The third-order valence-electron chi connectivity index (χ3n) is 5.98. The number of benzene rings is 3. The van der Waals surface area contributed by atoms with Crippen molar-refractivity contribution in [2.24, 2.45) is 0 Å². The zero-order valence-electron chi connectivity index (χ0n) is 18.9. The molecule has 0 bridgehead atoms.